The third-order valence-corrected chi connectivity index (χ3v) is 4.66. The minimum atomic E-state index is -0.284. The van der Waals surface area contributed by atoms with Crippen LogP contribution in [0.1, 0.15) is 43.5 Å². The molecule has 7 nitrogen and oxygen atoms in total. The minimum absolute atomic E-state index is 0.284. The molecule has 3 rings (SSSR count). The van der Waals surface area contributed by atoms with Gasteiger partial charge in [0.15, 0.2) is 5.96 Å². The van der Waals surface area contributed by atoms with Gasteiger partial charge in [0.1, 0.15) is 17.8 Å². The number of hydrogen-bond acceptors (Lipinski definition) is 5. The zero-order valence-corrected chi connectivity index (χ0v) is 17.7. The summed E-state index contributed by atoms with van der Waals surface area (Å²) in [6.07, 6.45) is 3.91. The molecule has 0 aliphatic carbocycles. The Bertz CT molecular complexity index is 941. The quantitative estimate of drug-likeness (QED) is 0.409. The molecular weight excluding hydrogens is 385 g/mol. The van der Waals surface area contributed by atoms with Crippen molar-refractivity contribution >= 4 is 5.96 Å². The molecule has 0 aliphatic heterocycles. The van der Waals surface area contributed by atoms with Crippen molar-refractivity contribution in [1.82, 2.24) is 20.8 Å². The normalized spacial score (nSPS) is 11.7. The molecule has 8 heteroatoms. The van der Waals surface area contributed by atoms with Gasteiger partial charge in [-0.2, -0.15) is 0 Å². The van der Waals surface area contributed by atoms with Crippen molar-refractivity contribution in [3.8, 4) is 11.5 Å². The standard InChI is InChI=1S/C22H28FN5O2/c1-4-19-18(20(5-2)30-28-19)13-26-22(24-6-3)25-12-11-17-14-29-21(27-17)15-7-9-16(23)10-8-15/h7-10,14H,4-6,11-13H2,1-3H3,(H2,24,25,26). The lowest BCUT2D eigenvalue weighted by Gasteiger charge is -2.10. The van der Waals surface area contributed by atoms with Gasteiger partial charge in [0.2, 0.25) is 5.89 Å². The van der Waals surface area contributed by atoms with Crippen LogP contribution in [0.15, 0.2) is 44.5 Å². The summed E-state index contributed by atoms with van der Waals surface area (Å²) in [6.45, 7) is 8.06. The lowest BCUT2D eigenvalue weighted by atomic mass is 10.1. The third-order valence-electron chi connectivity index (χ3n) is 4.66. The molecule has 2 N–H and O–H groups in total. The minimum Gasteiger partial charge on any atom is -0.444 e. The third kappa shape index (κ3) is 5.46. The molecule has 160 valence electrons. The molecule has 30 heavy (non-hydrogen) atoms. The summed E-state index contributed by atoms with van der Waals surface area (Å²) < 4.78 is 24.0. The van der Waals surface area contributed by atoms with Crippen molar-refractivity contribution in [2.45, 2.75) is 46.6 Å². The van der Waals surface area contributed by atoms with Gasteiger partial charge in [0.25, 0.3) is 0 Å². The zero-order chi connectivity index (χ0) is 21.3. The van der Waals surface area contributed by atoms with Gasteiger partial charge >= 0.3 is 0 Å². The second-order valence-corrected chi connectivity index (χ2v) is 6.76. The Morgan fingerprint density at radius 3 is 2.60 bits per heavy atom. The molecule has 2 aromatic heterocycles. The first-order valence-electron chi connectivity index (χ1n) is 10.3. The molecule has 0 fully saturated rings. The van der Waals surface area contributed by atoms with E-state index in [2.05, 4.69) is 39.6 Å². The van der Waals surface area contributed by atoms with E-state index in [4.69, 9.17) is 8.94 Å². The van der Waals surface area contributed by atoms with Gasteiger partial charge < -0.3 is 19.6 Å². The van der Waals surface area contributed by atoms with Crippen LogP contribution < -0.4 is 10.6 Å². The van der Waals surface area contributed by atoms with Gasteiger partial charge in [-0.1, -0.05) is 19.0 Å². The van der Waals surface area contributed by atoms with E-state index < -0.39 is 0 Å². The molecule has 0 atom stereocenters. The number of halogens is 1. The van der Waals surface area contributed by atoms with Gasteiger partial charge in [-0.15, -0.1) is 0 Å². The molecule has 0 bridgehead atoms. The van der Waals surface area contributed by atoms with Gasteiger partial charge in [-0.25, -0.2) is 14.4 Å². The molecule has 0 saturated carbocycles. The van der Waals surface area contributed by atoms with Crippen LogP contribution in [0.5, 0.6) is 0 Å². The maximum absolute atomic E-state index is 13.1. The van der Waals surface area contributed by atoms with Crippen LogP contribution in [-0.4, -0.2) is 29.2 Å². The number of hydrogen-bond donors (Lipinski definition) is 2. The van der Waals surface area contributed by atoms with Gasteiger partial charge in [0, 0.05) is 37.1 Å². The molecule has 0 saturated heterocycles. The molecule has 0 spiro atoms. The zero-order valence-electron chi connectivity index (χ0n) is 17.7. The highest BCUT2D eigenvalue weighted by Gasteiger charge is 2.13. The molecule has 3 aromatic rings. The summed E-state index contributed by atoms with van der Waals surface area (Å²) in [4.78, 5) is 9.16. The molecule has 1 aromatic carbocycles. The number of rotatable bonds is 9. The summed E-state index contributed by atoms with van der Waals surface area (Å²) in [5, 5.41) is 10.7. The van der Waals surface area contributed by atoms with Gasteiger partial charge in [0.05, 0.1) is 17.9 Å². The number of aromatic nitrogens is 2. The average molecular weight is 413 g/mol. The van der Waals surface area contributed by atoms with E-state index in [9.17, 15) is 4.39 Å². The highest BCUT2D eigenvalue weighted by molar-refractivity contribution is 5.79. The van der Waals surface area contributed by atoms with Crippen LogP contribution in [0.3, 0.4) is 0 Å². The molecular formula is C22H28FN5O2. The van der Waals surface area contributed by atoms with Crippen molar-refractivity contribution in [2.75, 3.05) is 13.1 Å². The molecule has 0 aliphatic rings. The smallest absolute Gasteiger partial charge is 0.226 e. The predicted octanol–water partition coefficient (Wildman–Crippen LogP) is 3.89. The first kappa shape index (κ1) is 21.5. The Hall–Kier alpha value is -3.16. The molecule has 0 radical (unpaired) electrons. The Morgan fingerprint density at radius 2 is 1.90 bits per heavy atom. The fraction of sp³-hybridized carbons (Fsp3) is 0.409. The first-order chi connectivity index (χ1) is 14.6. The van der Waals surface area contributed by atoms with Crippen LogP contribution in [0.25, 0.3) is 11.5 Å². The van der Waals surface area contributed by atoms with Gasteiger partial charge in [-0.3, -0.25) is 0 Å². The SMILES string of the molecule is CCNC(=NCc1c(CC)noc1CC)NCCc1coc(-c2ccc(F)cc2)n1. The molecule has 0 amide bonds. The summed E-state index contributed by atoms with van der Waals surface area (Å²) in [5.74, 6) is 1.82. The van der Waals surface area contributed by atoms with E-state index in [0.717, 1.165) is 53.6 Å². The Balaban J connectivity index is 1.58. The largest absolute Gasteiger partial charge is 0.444 e. The monoisotopic (exact) mass is 413 g/mol. The van der Waals surface area contributed by atoms with E-state index in [-0.39, 0.29) is 5.82 Å². The second kappa shape index (κ2) is 10.6. The van der Waals surface area contributed by atoms with E-state index >= 15 is 0 Å². The van der Waals surface area contributed by atoms with Crippen molar-refractivity contribution in [2.24, 2.45) is 4.99 Å². The first-order valence-corrected chi connectivity index (χ1v) is 10.3. The summed E-state index contributed by atoms with van der Waals surface area (Å²) >= 11 is 0. The van der Waals surface area contributed by atoms with Crippen LogP contribution in [0.4, 0.5) is 4.39 Å². The number of benzene rings is 1. The average Bonchev–Trinajstić information content (AvgIpc) is 3.39. The van der Waals surface area contributed by atoms with Crippen molar-refractivity contribution in [3.63, 3.8) is 0 Å². The molecule has 2 heterocycles. The van der Waals surface area contributed by atoms with Crippen LogP contribution in [0, 0.1) is 5.82 Å². The number of oxazole rings is 1. The van der Waals surface area contributed by atoms with E-state index in [1.165, 1.54) is 12.1 Å². The maximum atomic E-state index is 13.1. The van der Waals surface area contributed by atoms with E-state index in [1.807, 2.05) is 6.92 Å². The van der Waals surface area contributed by atoms with E-state index in [0.29, 0.717) is 25.4 Å². The number of aliphatic imine (C=N–C) groups is 1. The van der Waals surface area contributed by atoms with E-state index in [1.54, 1.807) is 18.4 Å². The maximum Gasteiger partial charge on any atom is 0.226 e. The second-order valence-electron chi connectivity index (χ2n) is 6.76. The predicted molar refractivity (Wildman–Crippen MR) is 114 cm³/mol. The fourth-order valence-corrected chi connectivity index (χ4v) is 3.07. The summed E-state index contributed by atoms with van der Waals surface area (Å²) in [6, 6.07) is 6.09. The Morgan fingerprint density at radius 1 is 1.10 bits per heavy atom. The number of nitrogens with one attached hydrogen (secondary N) is 2. The molecule has 0 unspecified atom stereocenters. The van der Waals surface area contributed by atoms with Crippen LogP contribution in [0.2, 0.25) is 0 Å². The number of aryl methyl sites for hydroxylation is 2. The Labute approximate surface area is 175 Å². The van der Waals surface area contributed by atoms with Crippen molar-refractivity contribution in [3.05, 3.63) is 59.1 Å². The van der Waals surface area contributed by atoms with Crippen molar-refractivity contribution in [1.29, 1.82) is 0 Å². The topological polar surface area (TPSA) is 88.5 Å². The van der Waals surface area contributed by atoms with Crippen LogP contribution in [-0.2, 0) is 25.8 Å². The Kier molecular flexibility index (Phi) is 7.59. The highest BCUT2D eigenvalue weighted by Crippen LogP contribution is 2.19. The highest BCUT2D eigenvalue weighted by atomic mass is 19.1. The fourth-order valence-electron chi connectivity index (χ4n) is 3.07. The number of guanidine groups is 1. The lowest BCUT2D eigenvalue weighted by Crippen LogP contribution is -2.38. The lowest BCUT2D eigenvalue weighted by molar-refractivity contribution is 0.380. The van der Waals surface area contributed by atoms with Crippen molar-refractivity contribution < 1.29 is 13.3 Å². The number of nitrogens with zero attached hydrogens (tertiary/aromatic N) is 3. The summed E-state index contributed by atoms with van der Waals surface area (Å²) in [5.41, 5.74) is 3.59. The van der Waals surface area contributed by atoms with Gasteiger partial charge in [-0.05, 0) is 37.6 Å². The summed E-state index contributed by atoms with van der Waals surface area (Å²) in [7, 11) is 0. The van der Waals surface area contributed by atoms with Crippen LogP contribution >= 0.6 is 0 Å².